The number of para-hydroxylation sites is 1. The molecule has 1 heterocycles. The van der Waals surface area contributed by atoms with Crippen molar-refractivity contribution in [2.75, 3.05) is 0 Å². The van der Waals surface area contributed by atoms with Gasteiger partial charge in [0.25, 0.3) is 5.56 Å². The van der Waals surface area contributed by atoms with E-state index in [9.17, 15) is 4.79 Å². The van der Waals surface area contributed by atoms with Gasteiger partial charge in [-0.25, -0.2) is 4.98 Å². The zero-order valence-electron chi connectivity index (χ0n) is 8.58. The minimum absolute atomic E-state index is 0.222. The second-order valence-corrected chi connectivity index (χ2v) is 3.35. The molecule has 16 heavy (non-hydrogen) atoms. The SMILES string of the molecule is C[C@@H](N=[N+]=[N-])c1nc2ccccc2c(=O)[nH]1. The highest BCUT2D eigenvalue weighted by Crippen LogP contribution is 2.13. The van der Waals surface area contributed by atoms with Gasteiger partial charge >= 0.3 is 0 Å². The fraction of sp³-hybridized carbons (Fsp3) is 0.200. The predicted octanol–water partition coefficient (Wildman–Crippen LogP) is 2.29. The lowest BCUT2D eigenvalue weighted by atomic mass is 10.2. The van der Waals surface area contributed by atoms with Crippen LogP contribution < -0.4 is 5.56 Å². The molecule has 2 rings (SSSR count). The Morgan fingerprint density at radius 1 is 1.50 bits per heavy atom. The molecule has 80 valence electrons. The third kappa shape index (κ3) is 1.74. The molecule has 0 fully saturated rings. The molecule has 0 aliphatic carbocycles. The van der Waals surface area contributed by atoms with Gasteiger partial charge in [0.05, 0.1) is 16.9 Å². The molecule has 0 radical (unpaired) electrons. The molecule has 0 bridgehead atoms. The number of hydrogen-bond donors (Lipinski definition) is 1. The van der Waals surface area contributed by atoms with Gasteiger partial charge in [-0.05, 0) is 24.6 Å². The first-order valence-corrected chi connectivity index (χ1v) is 4.75. The quantitative estimate of drug-likeness (QED) is 0.472. The van der Waals surface area contributed by atoms with Crippen LogP contribution in [0.2, 0.25) is 0 Å². The van der Waals surface area contributed by atoms with E-state index in [-0.39, 0.29) is 5.56 Å². The Hall–Kier alpha value is -2.33. The summed E-state index contributed by atoms with van der Waals surface area (Å²) in [5, 5.41) is 4.02. The van der Waals surface area contributed by atoms with Gasteiger partial charge in [-0.3, -0.25) is 4.79 Å². The van der Waals surface area contributed by atoms with Gasteiger partial charge in [-0.15, -0.1) is 0 Å². The van der Waals surface area contributed by atoms with Crippen LogP contribution in [0.25, 0.3) is 21.3 Å². The van der Waals surface area contributed by atoms with Crippen LogP contribution in [0.1, 0.15) is 18.8 Å². The molecule has 0 aliphatic heterocycles. The van der Waals surface area contributed by atoms with Crippen LogP contribution in [-0.4, -0.2) is 9.97 Å². The van der Waals surface area contributed by atoms with Crippen molar-refractivity contribution in [1.82, 2.24) is 9.97 Å². The lowest BCUT2D eigenvalue weighted by Gasteiger charge is -2.04. The summed E-state index contributed by atoms with van der Waals surface area (Å²) in [5.74, 6) is 0.376. The maximum absolute atomic E-state index is 11.7. The monoisotopic (exact) mass is 215 g/mol. The van der Waals surface area contributed by atoms with Crippen LogP contribution in [0.15, 0.2) is 34.2 Å². The lowest BCUT2D eigenvalue weighted by molar-refractivity contribution is 0.734. The van der Waals surface area contributed by atoms with Crippen LogP contribution in [0, 0.1) is 0 Å². The molecule has 1 aromatic carbocycles. The second kappa shape index (κ2) is 4.04. The van der Waals surface area contributed by atoms with Gasteiger partial charge in [0.2, 0.25) is 0 Å². The van der Waals surface area contributed by atoms with Crippen LogP contribution in [0.4, 0.5) is 0 Å². The van der Waals surface area contributed by atoms with E-state index >= 15 is 0 Å². The Bertz CT molecular complexity index is 626. The van der Waals surface area contributed by atoms with Crippen molar-refractivity contribution < 1.29 is 0 Å². The molecule has 0 saturated carbocycles. The zero-order chi connectivity index (χ0) is 11.5. The van der Waals surface area contributed by atoms with E-state index in [1.807, 2.05) is 0 Å². The molecule has 0 saturated heterocycles. The molecule has 0 spiro atoms. The first-order valence-electron chi connectivity index (χ1n) is 4.75. The number of rotatable bonds is 2. The van der Waals surface area contributed by atoms with Crippen molar-refractivity contribution in [3.05, 3.63) is 50.9 Å². The molecule has 0 amide bonds. The number of benzene rings is 1. The van der Waals surface area contributed by atoms with Crippen molar-refractivity contribution in [3.63, 3.8) is 0 Å². The molecular formula is C10H9N5O. The van der Waals surface area contributed by atoms with E-state index in [0.717, 1.165) is 0 Å². The number of azide groups is 1. The largest absolute Gasteiger partial charge is 0.310 e. The molecule has 6 nitrogen and oxygen atoms in total. The van der Waals surface area contributed by atoms with Gasteiger partial charge in [0, 0.05) is 4.91 Å². The summed E-state index contributed by atoms with van der Waals surface area (Å²) in [6.45, 7) is 1.67. The van der Waals surface area contributed by atoms with Crippen molar-refractivity contribution >= 4 is 10.9 Å². The first kappa shape index (κ1) is 10.2. The Balaban J connectivity index is 2.67. The molecular weight excluding hydrogens is 206 g/mol. The fourth-order valence-electron chi connectivity index (χ4n) is 1.43. The van der Waals surface area contributed by atoms with Gasteiger partial charge < -0.3 is 4.98 Å². The second-order valence-electron chi connectivity index (χ2n) is 3.35. The molecule has 2 aromatic rings. The molecule has 6 heteroatoms. The van der Waals surface area contributed by atoms with Crippen molar-refractivity contribution in [3.8, 4) is 0 Å². The predicted molar refractivity (Wildman–Crippen MR) is 59.9 cm³/mol. The van der Waals surface area contributed by atoms with Crippen molar-refractivity contribution in [2.24, 2.45) is 5.11 Å². The molecule has 0 unspecified atom stereocenters. The fourth-order valence-corrected chi connectivity index (χ4v) is 1.43. The summed E-state index contributed by atoms with van der Waals surface area (Å²) in [6, 6.07) is 6.54. The van der Waals surface area contributed by atoms with E-state index in [4.69, 9.17) is 5.53 Å². The number of nitrogens with one attached hydrogen (secondary N) is 1. The van der Waals surface area contributed by atoms with Crippen LogP contribution in [0.5, 0.6) is 0 Å². The topological polar surface area (TPSA) is 94.5 Å². The summed E-state index contributed by atoms with van der Waals surface area (Å²) in [5.41, 5.74) is 8.70. The lowest BCUT2D eigenvalue weighted by Crippen LogP contribution is -2.12. The molecule has 1 N–H and O–H groups in total. The van der Waals surface area contributed by atoms with Crippen molar-refractivity contribution in [1.29, 1.82) is 0 Å². The smallest absolute Gasteiger partial charge is 0.258 e. The zero-order valence-corrected chi connectivity index (χ0v) is 8.58. The average Bonchev–Trinajstić information content (AvgIpc) is 2.29. The van der Waals surface area contributed by atoms with E-state index < -0.39 is 6.04 Å². The standard InChI is InChI=1S/C10H9N5O/c1-6(14-15-11)9-12-8-5-3-2-4-7(8)10(16)13-9/h2-6H,1H3,(H,12,13,16)/t6-/m1/s1. The van der Waals surface area contributed by atoms with Gasteiger partial charge in [-0.1, -0.05) is 17.2 Å². The first-order chi connectivity index (χ1) is 7.72. The molecule has 0 aliphatic rings. The summed E-state index contributed by atoms with van der Waals surface area (Å²) < 4.78 is 0. The Kier molecular flexibility index (Phi) is 2.57. The number of aromatic amines is 1. The highest BCUT2D eigenvalue weighted by Gasteiger charge is 2.08. The third-order valence-electron chi connectivity index (χ3n) is 2.25. The Morgan fingerprint density at radius 3 is 3.00 bits per heavy atom. The minimum atomic E-state index is -0.484. The van der Waals surface area contributed by atoms with E-state index in [0.29, 0.717) is 16.7 Å². The number of H-pyrrole nitrogens is 1. The van der Waals surface area contributed by atoms with Crippen LogP contribution >= 0.6 is 0 Å². The normalized spacial score (nSPS) is 12.1. The minimum Gasteiger partial charge on any atom is -0.310 e. The summed E-state index contributed by atoms with van der Waals surface area (Å²) in [6.07, 6.45) is 0. The van der Waals surface area contributed by atoms with E-state index in [1.165, 1.54) is 0 Å². The highest BCUT2D eigenvalue weighted by atomic mass is 16.1. The van der Waals surface area contributed by atoms with Crippen LogP contribution in [0.3, 0.4) is 0 Å². The molecule has 1 aromatic heterocycles. The van der Waals surface area contributed by atoms with Gasteiger partial charge in [0.1, 0.15) is 5.82 Å². The number of aromatic nitrogens is 2. The van der Waals surface area contributed by atoms with Crippen molar-refractivity contribution in [2.45, 2.75) is 13.0 Å². The summed E-state index contributed by atoms with van der Waals surface area (Å²) >= 11 is 0. The average molecular weight is 215 g/mol. The highest BCUT2D eigenvalue weighted by molar-refractivity contribution is 5.77. The van der Waals surface area contributed by atoms with Gasteiger partial charge in [0.15, 0.2) is 0 Å². The third-order valence-corrected chi connectivity index (χ3v) is 2.25. The Labute approximate surface area is 90.6 Å². The number of fused-ring (bicyclic) bond motifs is 1. The summed E-state index contributed by atoms with van der Waals surface area (Å²) in [7, 11) is 0. The summed E-state index contributed by atoms with van der Waals surface area (Å²) in [4.78, 5) is 21.2. The molecule has 1 atom stereocenters. The van der Waals surface area contributed by atoms with Crippen LogP contribution in [-0.2, 0) is 0 Å². The van der Waals surface area contributed by atoms with E-state index in [2.05, 4.69) is 20.0 Å². The van der Waals surface area contributed by atoms with Gasteiger partial charge in [-0.2, -0.15) is 0 Å². The van der Waals surface area contributed by atoms with E-state index in [1.54, 1.807) is 31.2 Å². The maximum atomic E-state index is 11.7. The maximum Gasteiger partial charge on any atom is 0.258 e. The Morgan fingerprint density at radius 2 is 2.25 bits per heavy atom. The number of hydrogen-bond acceptors (Lipinski definition) is 3. The number of nitrogens with zero attached hydrogens (tertiary/aromatic N) is 4.